The first kappa shape index (κ1) is 16.8. The third-order valence-corrected chi connectivity index (χ3v) is 4.07. The number of quaternary nitrogens is 1. The highest BCUT2D eigenvalue weighted by Crippen LogP contribution is 2.34. The molecule has 3 aromatic carbocycles. The number of nitrogens with two attached hydrogens (primary N) is 1. The van der Waals surface area contributed by atoms with Gasteiger partial charge < -0.3 is 5.73 Å². The van der Waals surface area contributed by atoms with Crippen molar-refractivity contribution in [3.8, 4) is 0 Å². The molecule has 5 nitrogen and oxygen atoms in total. The number of anilines is 1. The summed E-state index contributed by atoms with van der Waals surface area (Å²) in [5, 5.41) is 10.6. The van der Waals surface area contributed by atoms with E-state index < -0.39 is 0 Å². The highest BCUT2D eigenvalue weighted by molar-refractivity contribution is 6.01. The number of rotatable bonds is 4. The largest absolute Gasteiger partial charge is 0.399 e. The first-order valence-electron chi connectivity index (χ1n) is 8.00. The molecular formula is C20H21N4O+. The number of hydrogen-bond donors (Lipinski definition) is 1. The molecule has 0 bridgehead atoms. The molecule has 0 aliphatic carbocycles. The molecule has 0 radical (unpaired) electrons. The molecule has 126 valence electrons. The average molecular weight is 333 g/mol. The fourth-order valence-corrected chi connectivity index (χ4v) is 2.58. The summed E-state index contributed by atoms with van der Waals surface area (Å²) in [6.07, 6.45) is 0.815. The number of fused-ring (bicyclic) bond motifs is 1. The highest BCUT2D eigenvalue weighted by Gasteiger charge is 2.15. The van der Waals surface area contributed by atoms with Gasteiger partial charge in [0.2, 0.25) is 0 Å². The molecule has 3 aromatic rings. The van der Waals surface area contributed by atoms with E-state index >= 15 is 0 Å². The Hall–Kier alpha value is -3.05. The molecule has 3 rings (SSSR count). The molecule has 0 aromatic heterocycles. The van der Waals surface area contributed by atoms with Crippen LogP contribution in [0.4, 0.5) is 22.7 Å². The Kier molecular flexibility index (Phi) is 4.33. The number of azo groups is 1. The lowest BCUT2D eigenvalue weighted by Gasteiger charge is -2.23. The van der Waals surface area contributed by atoms with E-state index in [1.54, 1.807) is 30.3 Å². The summed E-state index contributed by atoms with van der Waals surface area (Å²) in [7, 11) is 6.29. The number of carbonyl (C=O) groups is 1. The minimum Gasteiger partial charge on any atom is -0.399 e. The second-order valence-electron chi connectivity index (χ2n) is 6.83. The number of nitrogen functional groups attached to an aromatic ring is 1. The molecule has 0 aliphatic rings. The molecule has 0 atom stereocenters. The maximum Gasteiger partial charge on any atom is 0.152 e. The van der Waals surface area contributed by atoms with Gasteiger partial charge in [-0.3, -0.25) is 9.28 Å². The summed E-state index contributed by atoms with van der Waals surface area (Å²) < 4.78 is 0.676. The van der Waals surface area contributed by atoms with Gasteiger partial charge >= 0.3 is 0 Å². The van der Waals surface area contributed by atoms with Gasteiger partial charge in [0.05, 0.1) is 26.8 Å². The summed E-state index contributed by atoms with van der Waals surface area (Å²) in [5.74, 6) is 0. The number of carbonyl (C=O) groups excluding carboxylic acids is 1. The van der Waals surface area contributed by atoms with Crippen LogP contribution in [0, 0.1) is 0 Å². The van der Waals surface area contributed by atoms with Crippen molar-refractivity contribution in [1.82, 2.24) is 4.48 Å². The van der Waals surface area contributed by atoms with E-state index in [2.05, 4.69) is 43.5 Å². The highest BCUT2D eigenvalue weighted by atomic mass is 16.1. The zero-order valence-electron chi connectivity index (χ0n) is 14.6. The predicted molar refractivity (Wildman–Crippen MR) is 104 cm³/mol. The topological polar surface area (TPSA) is 67.8 Å². The van der Waals surface area contributed by atoms with E-state index in [9.17, 15) is 4.79 Å². The maximum atomic E-state index is 11.5. The van der Waals surface area contributed by atoms with Crippen LogP contribution in [0.3, 0.4) is 0 Å². The first-order chi connectivity index (χ1) is 11.9. The Labute approximate surface area is 147 Å². The van der Waals surface area contributed by atoms with Crippen molar-refractivity contribution < 1.29 is 4.79 Å². The molecule has 0 spiro atoms. The normalized spacial score (nSPS) is 12.0. The van der Waals surface area contributed by atoms with Crippen LogP contribution in [-0.2, 0) is 0 Å². The van der Waals surface area contributed by atoms with Crippen molar-refractivity contribution in [2.24, 2.45) is 10.2 Å². The van der Waals surface area contributed by atoms with Gasteiger partial charge in [0.1, 0.15) is 11.4 Å². The Balaban J connectivity index is 2.16. The summed E-state index contributed by atoms with van der Waals surface area (Å²) in [5.41, 5.74) is 9.27. The smallest absolute Gasteiger partial charge is 0.152 e. The Morgan fingerprint density at radius 3 is 2.24 bits per heavy atom. The second-order valence-corrected chi connectivity index (χ2v) is 6.83. The second kappa shape index (κ2) is 6.45. The van der Waals surface area contributed by atoms with Crippen molar-refractivity contribution in [2.75, 3.05) is 26.9 Å². The quantitative estimate of drug-likeness (QED) is 0.321. The number of hydrogen-bond acceptors (Lipinski definition) is 4. The average Bonchev–Trinajstić information content (AvgIpc) is 2.59. The number of aldehydes is 1. The SMILES string of the molecule is C[N+](C)(C)c1ccc2ccc(C=O)c(N=Nc3ccc(N)cc3)c2c1. The number of benzene rings is 3. The van der Waals surface area contributed by atoms with Crippen LogP contribution in [-0.4, -0.2) is 27.4 Å². The van der Waals surface area contributed by atoms with E-state index in [1.807, 2.05) is 12.1 Å². The van der Waals surface area contributed by atoms with Crippen LogP contribution >= 0.6 is 0 Å². The van der Waals surface area contributed by atoms with E-state index in [1.165, 1.54) is 0 Å². The van der Waals surface area contributed by atoms with Crippen LogP contribution in [0.15, 0.2) is 64.8 Å². The van der Waals surface area contributed by atoms with Crippen LogP contribution in [0.5, 0.6) is 0 Å². The molecule has 25 heavy (non-hydrogen) atoms. The molecule has 0 heterocycles. The minimum absolute atomic E-state index is 0.519. The molecule has 0 saturated heterocycles. The summed E-state index contributed by atoms with van der Waals surface area (Å²) in [6, 6.07) is 17.0. The molecule has 0 saturated carbocycles. The standard InChI is InChI=1S/C20H20N4O/c1-24(2,3)18-11-6-14-4-5-15(13-25)20(19(14)12-18)23-22-17-9-7-16(21)8-10-17/h4-13H,1-3H3,(H-,21,23,25)/p+1. The van der Waals surface area contributed by atoms with Crippen molar-refractivity contribution >= 4 is 39.8 Å². The van der Waals surface area contributed by atoms with Gasteiger partial charge in [-0.25, -0.2) is 0 Å². The molecule has 0 aliphatic heterocycles. The van der Waals surface area contributed by atoms with E-state index in [4.69, 9.17) is 5.73 Å². The van der Waals surface area contributed by atoms with Crippen molar-refractivity contribution in [1.29, 1.82) is 0 Å². The minimum atomic E-state index is 0.519. The molecular weight excluding hydrogens is 312 g/mol. The Morgan fingerprint density at radius 2 is 1.60 bits per heavy atom. The van der Waals surface area contributed by atoms with E-state index in [-0.39, 0.29) is 0 Å². The molecule has 0 amide bonds. The fourth-order valence-electron chi connectivity index (χ4n) is 2.58. The predicted octanol–water partition coefficient (Wildman–Crippen LogP) is 4.85. The summed E-state index contributed by atoms with van der Waals surface area (Å²) >= 11 is 0. The van der Waals surface area contributed by atoms with Crippen LogP contribution in [0.2, 0.25) is 0 Å². The van der Waals surface area contributed by atoms with Crippen LogP contribution in [0.25, 0.3) is 10.8 Å². The van der Waals surface area contributed by atoms with E-state index in [0.29, 0.717) is 27.1 Å². The monoisotopic (exact) mass is 333 g/mol. The van der Waals surface area contributed by atoms with Gasteiger partial charge in [0, 0.05) is 22.7 Å². The third kappa shape index (κ3) is 3.56. The van der Waals surface area contributed by atoms with Gasteiger partial charge in [-0.2, -0.15) is 5.11 Å². The summed E-state index contributed by atoms with van der Waals surface area (Å²) in [4.78, 5) is 11.5. The summed E-state index contributed by atoms with van der Waals surface area (Å²) in [6.45, 7) is 0. The van der Waals surface area contributed by atoms with Gasteiger partial charge in [0.25, 0.3) is 0 Å². The van der Waals surface area contributed by atoms with Crippen LogP contribution < -0.4 is 10.2 Å². The van der Waals surface area contributed by atoms with Crippen molar-refractivity contribution in [3.05, 3.63) is 60.2 Å². The lowest BCUT2D eigenvalue weighted by Crippen LogP contribution is -2.34. The third-order valence-electron chi connectivity index (χ3n) is 4.07. The maximum absolute atomic E-state index is 11.5. The molecule has 2 N–H and O–H groups in total. The van der Waals surface area contributed by atoms with Crippen molar-refractivity contribution in [3.63, 3.8) is 0 Å². The van der Waals surface area contributed by atoms with Gasteiger partial charge in [-0.15, -0.1) is 5.11 Å². The van der Waals surface area contributed by atoms with Gasteiger partial charge in [-0.05, 0) is 47.9 Å². The Morgan fingerprint density at radius 1 is 0.920 bits per heavy atom. The number of nitrogens with zero attached hydrogens (tertiary/aromatic N) is 3. The van der Waals surface area contributed by atoms with Crippen LogP contribution in [0.1, 0.15) is 10.4 Å². The van der Waals surface area contributed by atoms with E-state index in [0.717, 1.165) is 22.7 Å². The van der Waals surface area contributed by atoms with Crippen molar-refractivity contribution in [2.45, 2.75) is 0 Å². The lowest BCUT2D eigenvalue weighted by atomic mass is 10.0. The first-order valence-corrected chi connectivity index (χ1v) is 8.00. The Bertz CT molecular complexity index is 954. The lowest BCUT2D eigenvalue weighted by molar-refractivity contribution is 0.112. The van der Waals surface area contributed by atoms with Gasteiger partial charge in [-0.1, -0.05) is 6.07 Å². The molecule has 0 unspecified atom stereocenters. The molecule has 0 fully saturated rings. The zero-order chi connectivity index (χ0) is 18.0. The zero-order valence-corrected chi connectivity index (χ0v) is 14.6. The van der Waals surface area contributed by atoms with Gasteiger partial charge in [0.15, 0.2) is 6.29 Å². The fraction of sp³-hybridized carbons (Fsp3) is 0.150. The molecule has 5 heteroatoms.